The largest absolute Gasteiger partial charge is 0.466 e. The molecular weight excluding hydrogens is 309 g/mol. The zero-order chi connectivity index (χ0) is 16.8. The van der Waals surface area contributed by atoms with Crippen LogP contribution in [0.3, 0.4) is 0 Å². The van der Waals surface area contributed by atoms with Gasteiger partial charge in [0, 0.05) is 0 Å². The summed E-state index contributed by atoms with van der Waals surface area (Å²) < 4.78 is 27.7. The van der Waals surface area contributed by atoms with Crippen molar-refractivity contribution in [1.82, 2.24) is 10.1 Å². The molecule has 0 spiro atoms. The number of ether oxygens (including phenoxy) is 2. The van der Waals surface area contributed by atoms with Gasteiger partial charge in [0.2, 0.25) is 12.2 Å². The van der Waals surface area contributed by atoms with Crippen molar-refractivity contribution in [2.24, 2.45) is 0 Å². The Balaban J connectivity index is 2.45. The van der Waals surface area contributed by atoms with E-state index in [0.717, 1.165) is 26.7 Å². The molecule has 23 heavy (non-hydrogen) atoms. The second-order valence-corrected chi connectivity index (χ2v) is 4.11. The van der Waals surface area contributed by atoms with Gasteiger partial charge >= 0.3 is 11.9 Å². The van der Waals surface area contributed by atoms with E-state index in [1.807, 2.05) is 0 Å². The van der Waals surface area contributed by atoms with Gasteiger partial charge in [-0.3, -0.25) is 0 Å². The number of anilines is 1. The van der Waals surface area contributed by atoms with E-state index >= 15 is 0 Å². The van der Waals surface area contributed by atoms with Gasteiger partial charge in [0.25, 0.3) is 0 Å². The predicted octanol–water partition coefficient (Wildman–Crippen LogP) is 1.52. The molecule has 0 aliphatic rings. The Morgan fingerprint density at radius 3 is 2.70 bits per heavy atom. The van der Waals surface area contributed by atoms with Crippen LogP contribution < -0.4 is 5.32 Å². The lowest BCUT2D eigenvalue weighted by Crippen LogP contribution is -2.16. The number of hydrogen-bond donors (Lipinski definition) is 1. The fourth-order valence-electron chi connectivity index (χ4n) is 1.71. The van der Waals surface area contributed by atoms with Gasteiger partial charge in [-0.1, -0.05) is 11.2 Å². The number of nitrogens with zero attached hydrogens (tertiary/aromatic N) is 2. The molecule has 2 aromatic rings. The SMILES string of the molecule is COC(=O)/C=C(/Nc1cccc(F)c1-c1ncon1)C(=O)OC. The maximum absolute atomic E-state index is 14.1. The van der Waals surface area contributed by atoms with Crippen LogP contribution in [-0.4, -0.2) is 36.3 Å². The molecule has 0 aliphatic carbocycles. The second kappa shape index (κ2) is 7.16. The normalized spacial score (nSPS) is 11.0. The molecule has 0 unspecified atom stereocenters. The van der Waals surface area contributed by atoms with Crippen LogP contribution in [-0.2, 0) is 19.1 Å². The number of carbonyl (C=O) groups is 2. The minimum Gasteiger partial charge on any atom is -0.466 e. The lowest BCUT2D eigenvalue weighted by atomic mass is 10.1. The lowest BCUT2D eigenvalue weighted by molar-refractivity contribution is -0.138. The molecule has 0 atom stereocenters. The van der Waals surface area contributed by atoms with E-state index in [1.54, 1.807) is 0 Å². The van der Waals surface area contributed by atoms with E-state index in [9.17, 15) is 14.0 Å². The molecule has 0 radical (unpaired) electrons. The fourth-order valence-corrected chi connectivity index (χ4v) is 1.71. The second-order valence-electron chi connectivity index (χ2n) is 4.11. The van der Waals surface area contributed by atoms with E-state index in [4.69, 9.17) is 0 Å². The van der Waals surface area contributed by atoms with Crippen molar-refractivity contribution < 1.29 is 28.0 Å². The average Bonchev–Trinajstić information content (AvgIpc) is 3.07. The zero-order valence-electron chi connectivity index (χ0n) is 12.2. The summed E-state index contributed by atoms with van der Waals surface area (Å²) in [5, 5.41) is 6.18. The number of esters is 2. The molecule has 0 aliphatic heterocycles. The van der Waals surface area contributed by atoms with E-state index < -0.39 is 17.8 Å². The smallest absolute Gasteiger partial charge is 0.354 e. The third-order valence-electron chi connectivity index (χ3n) is 2.74. The van der Waals surface area contributed by atoms with Crippen molar-refractivity contribution in [2.45, 2.75) is 0 Å². The highest BCUT2D eigenvalue weighted by atomic mass is 19.1. The number of halogens is 1. The van der Waals surface area contributed by atoms with Gasteiger partial charge in [0.1, 0.15) is 11.5 Å². The molecule has 8 nitrogen and oxygen atoms in total. The number of aromatic nitrogens is 2. The quantitative estimate of drug-likeness (QED) is 0.653. The number of methoxy groups -OCH3 is 2. The highest BCUT2D eigenvalue weighted by Gasteiger charge is 2.19. The molecular formula is C14H12FN3O5. The first-order valence-electron chi connectivity index (χ1n) is 6.27. The molecule has 1 aromatic heterocycles. The molecule has 0 saturated carbocycles. The molecule has 9 heteroatoms. The molecule has 1 heterocycles. The van der Waals surface area contributed by atoms with Crippen LogP contribution in [0.15, 0.2) is 40.9 Å². The van der Waals surface area contributed by atoms with Crippen LogP contribution in [0.25, 0.3) is 11.4 Å². The third-order valence-corrected chi connectivity index (χ3v) is 2.74. The van der Waals surface area contributed by atoms with Gasteiger partial charge in [0.05, 0.1) is 31.5 Å². The van der Waals surface area contributed by atoms with Gasteiger partial charge in [0.15, 0.2) is 0 Å². The number of carbonyl (C=O) groups excluding carboxylic acids is 2. The first kappa shape index (κ1) is 16.1. The Morgan fingerprint density at radius 2 is 2.09 bits per heavy atom. The van der Waals surface area contributed by atoms with Gasteiger partial charge in [-0.15, -0.1) is 0 Å². The molecule has 1 N–H and O–H groups in total. The molecule has 1 aromatic carbocycles. The highest BCUT2D eigenvalue weighted by Crippen LogP contribution is 2.29. The average molecular weight is 321 g/mol. The number of benzene rings is 1. The van der Waals surface area contributed by atoms with Crippen LogP contribution >= 0.6 is 0 Å². The Labute approximate surface area is 129 Å². The van der Waals surface area contributed by atoms with Gasteiger partial charge in [-0.25, -0.2) is 14.0 Å². The van der Waals surface area contributed by atoms with Crippen molar-refractivity contribution in [3.8, 4) is 11.4 Å². The summed E-state index contributed by atoms with van der Waals surface area (Å²) >= 11 is 0. The number of nitrogens with one attached hydrogen (secondary N) is 1. The van der Waals surface area contributed by atoms with E-state index in [1.165, 1.54) is 18.2 Å². The molecule has 2 rings (SSSR count). The molecule has 0 amide bonds. The van der Waals surface area contributed by atoms with Gasteiger partial charge in [-0.2, -0.15) is 4.98 Å². The van der Waals surface area contributed by atoms with Gasteiger partial charge in [-0.05, 0) is 12.1 Å². The Morgan fingerprint density at radius 1 is 1.30 bits per heavy atom. The van der Waals surface area contributed by atoms with Crippen LogP contribution in [0.5, 0.6) is 0 Å². The van der Waals surface area contributed by atoms with Crippen LogP contribution in [0, 0.1) is 5.82 Å². The zero-order valence-corrected chi connectivity index (χ0v) is 12.2. The summed E-state index contributed by atoms with van der Waals surface area (Å²) in [5.74, 6) is -2.28. The standard InChI is InChI=1S/C14H12FN3O5/c1-21-11(19)6-10(14(20)22-2)17-9-5-3-4-8(15)12(9)13-16-7-23-18-13/h3-7,17H,1-2H3/b10-6+. The topological polar surface area (TPSA) is 104 Å². The van der Waals surface area contributed by atoms with Crippen molar-refractivity contribution in [3.63, 3.8) is 0 Å². The van der Waals surface area contributed by atoms with Crippen molar-refractivity contribution >= 4 is 17.6 Å². The van der Waals surface area contributed by atoms with E-state index in [-0.39, 0.29) is 22.8 Å². The Bertz CT molecular complexity index is 743. The first-order chi connectivity index (χ1) is 11.1. The van der Waals surface area contributed by atoms with Gasteiger partial charge < -0.3 is 19.3 Å². The summed E-state index contributed by atoms with van der Waals surface area (Å²) in [6.45, 7) is 0. The monoisotopic (exact) mass is 321 g/mol. The number of hydrogen-bond acceptors (Lipinski definition) is 8. The van der Waals surface area contributed by atoms with Crippen molar-refractivity contribution in [2.75, 3.05) is 19.5 Å². The summed E-state index contributed by atoms with van der Waals surface area (Å²) in [7, 11) is 2.29. The first-order valence-corrected chi connectivity index (χ1v) is 6.27. The Kier molecular flexibility index (Phi) is 5.03. The van der Waals surface area contributed by atoms with E-state index in [0.29, 0.717) is 0 Å². The van der Waals surface area contributed by atoms with Crippen molar-refractivity contribution in [1.29, 1.82) is 0 Å². The fraction of sp³-hybridized carbons (Fsp3) is 0.143. The minimum absolute atomic E-state index is 0.0205. The van der Waals surface area contributed by atoms with Crippen LogP contribution in [0.1, 0.15) is 0 Å². The van der Waals surface area contributed by atoms with Crippen LogP contribution in [0.4, 0.5) is 10.1 Å². The summed E-state index contributed by atoms with van der Waals surface area (Å²) in [4.78, 5) is 26.9. The minimum atomic E-state index is -0.835. The highest BCUT2D eigenvalue weighted by molar-refractivity contribution is 5.99. The predicted molar refractivity (Wildman–Crippen MR) is 75.4 cm³/mol. The van der Waals surface area contributed by atoms with E-state index in [2.05, 4.69) is 29.5 Å². The van der Waals surface area contributed by atoms with Crippen molar-refractivity contribution in [3.05, 3.63) is 42.2 Å². The molecule has 0 saturated heterocycles. The molecule has 0 fully saturated rings. The summed E-state index contributed by atoms with van der Waals surface area (Å²) in [6, 6.07) is 4.08. The van der Waals surface area contributed by atoms with Crippen LogP contribution in [0.2, 0.25) is 0 Å². The summed E-state index contributed by atoms with van der Waals surface area (Å²) in [5.41, 5.74) is -0.123. The lowest BCUT2D eigenvalue weighted by Gasteiger charge is -2.12. The third kappa shape index (κ3) is 3.70. The maximum atomic E-state index is 14.1. The maximum Gasteiger partial charge on any atom is 0.354 e. The number of rotatable bonds is 5. The summed E-state index contributed by atoms with van der Waals surface area (Å²) in [6.07, 6.45) is 1.92. The Hall–Kier alpha value is -3.23. The molecule has 0 bridgehead atoms. The molecule has 120 valence electrons.